The van der Waals surface area contributed by atoms with Gasteiger partial charge in [0, 0.05) is 6.54 Å². The summed E-state index contributed by atoms with van der Waals surface area (Å²) in [6.45, 7) is 2.61. The van der Waals surface area contributed by atoms with Crippen LogP contribution in [-0.4, -0.2) is 54.1 Å². The maximum atomic E-state index is 13.2. The Labute approximate surface area is 198 Å². The molecule has 0 aliphatic carbocycles. The number of nitrogens with zero attached hydrogens (tertiary/aromatic N) is 1. The predicted octanol–water partition coefficient (Wildman–Crippen LogP) is 2.02. The molecular formula is C24H26N2O7S. The molecule has 9 nitrogen and oxygen atoms in total. The number of carbonyl (C=O) groups excluding carboxylic acids is 3. The van der Waals surface area contributed by atoms with Gasteiger partial charge < -0.3 is 19.7 Å². The van der Waals surface area contributed by atoms with Crippen molar-refractivity contribution in [3.8, 4) is 0 Å². The normalized spacial score (nSPS) is 24.0. The second-order valence-electron chi connectivity index (χ2n) is 8.82. The molecule has 1 N–H and O–H groups in total. The third-order valence-electron chi connectivity index (χ3n) is 6.30. The van der Waals surface area contributed by atoms with E-state index in [1.807, 2.05) is 36.4 Å². The quantitative estimate of drug-likeness (QED) is 0.470. The largest absolute Gasteiger partial charge is 0.459 e. The summed E-state index contributed by atoms with van der Waals surface area (Å²) in [5.74, 6) is -2.41. The van der Waals surface area contributed by atoms with Gasteiger partial charge >= 0.3 is 12.1 Å². The fourth-order valence-corrected chi connectivity index (χ4v) is 6.63. The summed E-state index contributed by atoms with van der Waals surface area (Å²) in [7, 11) is -3.94. The lowest BCUT2D eigenvalue weighted by Crippen LogP contribution is -2.65. The van der Waals surface area contributed by atoms with Crippen LogP contribution in [-0.2, 0) is 42.1 Å². The molecule has 0 bridgehead atoms. The van der Waals surface area contributed by atoms with E-state index in [9.17, 15) is 22.8 Å². The molecule has 0 aromatic heterocycles. The van der Waals surface area contributed by atoms with Gasteiger partial charge in [0.05, 0.1) is 4.75 Å². The highest BCUT2D eigenvalue weighted by atomic mass is 32.2. The summed E-state index contributed by atoms with van der Waals surface area (Å²) in [5, 5.41) is 1.32. The number of sulfone groups is 1. The van der Waals surface area contributed by atoms with Gasteiger partial charge in [-0.2, -0.15) is 0 Å². The van der Waals surface area contributed by atoms with Gasteiger partial charge in [0.2, 0.25) is 5.91 Å². The lowest BCUT2D eigenvalue weighted by Gasteiger charge is -2.42. The van der Waals surface area contributed by atoms with E-state index in [4.69, 9.17) is 9.47 Å². The topological polar surface area (TPSA) is 119 Å². The highest BCUT2D eigenvalue weighted by Gasteiger charge is 2.72. The van der Waals surface area contributed by atoms with E-state index in [-0.39, 0.29) is 13.2 Å². The fraction of sp³-hybridized carbons (Fsp3) is 0.375. The van der Waals surface area contributed by atoms with Crippen molar-refractivity contribution >= 4 is 27.8 Å². The monoisotopic (exact) mass is 486 g/mol. The standard InChI is InChI=1S/C24H26N2O7S/c1-24(2)19(22(28)32-14-17-11-7-4-8-12-17)26-20(27)18(21(26)34(24,30)31)15-33-23(29)25-13-16-9-5-3-6-10-16/h3-12,18-19,21H,13-15H2,1-2H3,(H,25,29)/t18-,19+,21-/m1/s1. The molecule has 2 amide bonds. The van der Waals surface area contributed by atoms with Crippen LogP contribution < -0.4 is 5.32 Å². The zero-order valence-corrected chi connectivity index (χ0v) is 19.7. The Morgan fingerprint density at radius 1 is 0.971 bits per heavy atom. The minimum atomic E-state index is -3.94. The van der Waals surface area contributed by atoms with E-state index < -0.39 is 56.5 Å². The maximum Gasteiger partial charge on any atom is 0.407 e. The van der Waals surface area contributed by atoms with Crippen molar-refractivity contribution in [3.05, 3.63) is 71.8 Å². The molecule has 0 radical (unpaired) electrons. The van der Waals surface area contributed by atoms with Gasteiger partial charge in [0.1, 0.15) is 25.2 Å². The second-order valence-corrected chi connectivity index (χ2v) is 11.4. The Balaban J connectivity index is 1.39. The summed E-state index contributed by atoms with van der Waals surface area (Å²) in [5.41, 5.74) is 1.61. The molecule has 2 saturated heterocycles. The van der Waals surface area contributed by atoms with Crippen LogP contribution in [0.3, 0.4) is 0 Å². The van der Waals surface area contributed by atoms with Crippen LogP contribution in [0.1, 0.15) is 25.0 Å². The predicted molar refractivity (Wildman–Crippen MR) is 122 cm³/mol. The average Bonchev–Trinajstić information content (AvgIpc) is 2.97. The van der Waals surface area contributed by atoms with Crippen LogP contribution in [0.5, 0.6) is 0 Å². The minimum Gasteiger partial charge on any atom is -0.459 e. The number of esters is 1. The fourth-order valence-electron chi connectivity index (χ4n) is 4.34. The molecule has 180 valence electrons. The molecule has 34 heavy (non-hydrogen) atoms. The van der Waals surface area contributed by atoms with Crippen molar-refractivity contribution < 1.29 is 32.3 Å². The summed E-state index contributed by atoms with van der Waals surface area (Å²) in [6, 6.07) is 16.9. The number of benzene rings is 2. The van der Waals surface area contributed by atoms with E-state index in [1.165, 1.54) is 13.8 Å². The van der Waals surface area contributed by atoms with Crippen LogP contribution in [0.25, 0.3) is 0 Å². The van der Waals surface area contributed by atoms with Gasteiger partial charge in [-0.3, -0.25) is 4.79 Å². The highest BCUT2D eigenvalue weighted by Crippen LogP contribution is 2.49. The summed E-state index contributed by atoms with van der Waals surface area (Å²) < 4.78 is 35.4. The minimum absolute atomic E-state index is 0.0346. The Morgan fingerprint density at radius 3 is 2.18 bits per heavy atom. The third kappa shape index (κ3) is 4.13. The molecule has 2 fully saturated rings. The molecule has 2 aromatic carbocycles. The molecule has 10 heteroatoms. The zero-order chi connectivity index (χ0) is 24.5. The molecule has 2 aliphatic heterocycles. The van der Waals surface area contributed by atoms with Crippen molar-refractivity contribution in [1.82, 2.24) is 10.2 Å². The van der Waals surface area contributed by atoms with Crippen molar-refractivity contribution in [2.24, 2.45) is 5.92 Å². The van der Waals surface area contributed by atoms with E-state index in [0.29, 0.717) is 0 Å². The van der Waals surface area contributed by atoms with Crippen molar-refractivity contribution in [1.29, 1.82) is 0 Å². The number of β-lactam (4-membered cyclic amide) rings is 1. The van der Waals surface area contributed by atoms with Crippen LogP contribution in [0, 0.1) is 5.92 Å². The van der Waals surface area contributed by atoms with Crippen molar-refractivity contribution in [2.45, 2.75) is 43.2 Å². The average molecular weight is 487 g/mol. The van der Waals surface area contributed by atoms with Gasteiger partial charge in [-0.15, -0.1) is 0 Å². The van der Waals surface area contributed by atoms with E-state index in [0.717, 1.165) is 16.0 Å². The number of ether oxygens (including phenoxy) is 2. The number of hydrogen-bond acceptors (Lipinski definition) is 7. The number of carbonyl (C=O) groups is 3. The molecular weight excluding hydrogens is 460 g/mol. The van der Waals surface area contributed by atoms with Gasteiger partial charge in [-0.05, 0) is 25.0 Å². The second kappa shape index (κ2) is 9.09. The lowest BCUT2D eigenvalue weighted by molar-refractivity contribution is -0.168. The van der Waals surface area contributed by atoms with E-state index >= 15 is 0 Å². The number of alkyl carbamates (subject to hydrolysis) is 1. The zero-order valence-electron chi connectivity index (χ0n) is 18.8. The van der Waals surface area contributed by atoms with Gasteiger partial charge in [-0.1, -0.05) is 60.7 Å². The molecule has 0 saturated carbocycles. The van der Waals surface area contributed by atoms with Crippen molar-refractivity contribution in [2.75, 3.05) is 6.61 Å². The first-order valence-electron chi connectivity index (χ1n) is 10.9. The first-order chi connectivity index (χ1) is 16.1. The summed E-state index contributed by atoms with van der Waals surface area (Å²) in [4.78, 5) is 38.8. The van der Waals surface area contributed by atoms with Crippen molar-refractivity contribution in [3.63, 3.8) is 0 Å². The van der Waals surface area contributed by atoms with E-state index in [2.05, 4.69) is 5.32 Å². The Morgan fingerprint density at radius 2 is 1.56 bits per heavy atom. The molecule has 3 atom stereocenters. The van der Waals surface area contributed by atoms with Crippen LogP contribution in [0.15, 0.2) is 60.7 Å². The third-order valence-corrected chi connectivity index (χ3v) is 9.18. The van der Waals surface area contributed by atoms with Gasteiger partial charge in [0.25, 0.3) is 0 Å². The summed E-state index contributed by atoms with van der Waals surface area (Å²) >= 11 is 0. The SMILES string of the molecule is CC1(C)[C@H](C(=O)OCc2ccccc2)N2C(=O)[C@@H](COC(=O)NCc3ccccc3)[C@H]2S1(=O)=O. The molecule has 2 heterocycles. The number of fused-ring (bicyclic) bond motifs is 1. The molecule has 0 spiro atoms. The van der Waals surface area contributed by atoms with Crippen LogP contribution >= 0.6 is 0 Å². The maximum absolute atomic E-state index is 13.2. The number of rotatable bonds is 7. The number of amides is 2. The number of nitrogens with one attached hydrogen (secondary N) is 1. The van der Waals surface area contributed by atoms with Crippen LogP contribution in [0.4, 0.5) is 4.79 Å². The van der Waals surface area contributed by atoms with Gasteiger partial charge in [-0.25, -0.2) is 18.0 Å². The highest BCUT2D eigenvalue weighted by molar-refractivity contribution is 7.93. The molecule has 4 rings (SSSR count). The van der Waals surface area contributed by atoms with Crippen LogP contribution in [0.2, 0.25) is 0 Å². The molecule has 0 unspecified atom stereocenters. The first kappa shape index (κ1) is 23.7. The summed E-state index contributed by atoms with van der Waals surface area (Å²) in [6.07, 6.45) is -0.761. The number of hydrogen-bond donors (Lipinski definition) is 1. The lowest BCUT2D eigenvalue weighted by atomic mass is 9.92. The molecule has 2 aromatic rings. The van der Waals surface area contributed by atoms with E-state index in [1.54, 1.807) is 24.3 Å². The smallest absolute Gasteiger partial charge is 0.407 e. The Kier molecular flexibility index (Phi) is 6.35. The Hall–Kier alpha value is -3.40. The van der Waals surface area contributed by atoms with Gasteiger partial charge in [0.15, 0.2) is 15.2 Å². The first-order valence-corrected chi connectivity index (χ1v) is 12.4. The molecule has 2 aliphatic rings. The Bertz CT molecular complexity index is 1180.